The molecule has 0 spiro atoms. The van der Waals surface area contributed by atoms with Crippen LogP contribution in [0.5, 0.6) is 0 Å². The molecule has 6 nitrogen and oxygen atoms in total. The topological polar surface area (TPSA) is 79.4 Å². The lowest BCUT2D eigenvalue weighted by Gasteiger charge is -2.17. The monoisotopic (exact) mass is 361 g/mol. The van der Waals surface area contributed by atoms with Gasteiger partial charge in [-0.1, -0.05) is 19.4 Å². The second-order valence-corrected chi connectivity index (χ2v) is 7.79. The summed E-state index contributed by atoms with van der Waals surface area (Å²) in [6.45, 7) is 2.82. The summed E-state index contributed by atoms with van der Waals surface area (Å²) >= 11 is 0. The number of carbonyl (C=O) groups excluding carboxylic acids is 1. The zero-order valence-corrected chi connectivity index (χ0v) is 15.3. The molecule has 2 rings (SSSR count). The number of nitrogens with zero attached hydrogens (tertiary/aromatic N) is 2. The minimum absolute atomic E-state index is 0.127. The van der Waals surface area contributed by atoms with Crippen molar-refractivity contribution in [1.29, 1.82) is 0 Å². The third kappa shape index (κ3) is 5.11. The second kappa shape index (κ2) is 8.73. The molecule has 1 N–H and O–H groups in total. The third-order valence-electron chi connectivity index (χ3n) is 3.83. The van der Waals surface area contributed by atoms with Crippen molar-refractivity contribution >= 4 is 15.9 Å². The molecule has 0 bridgehead atoms. The Labute approximate surface area is 148 Å². The van der Waals surface area contributed by atoms with Crippen LogP contribution >= 0.6 is 0 Å². The fourth-order valence-electron chi connectivity index (χ4n) is 2.26. The lowest BCUT2D eigenvalue weighted by molar-refractivity contribution is 0.0950. The molecule has 2 aromatic rings. The average molecular weight is 361 g/mol. The van der Waals surface area contributed by atoms with Gasteiger partial charge in [0.2, 0.25) is 10.0 Å². The predicted octanol–water partition coefficient (Wildman–Crippen LogP) is 2.43. The van der Waals surface area contributed by atoms with E-state index in [1.165, 1.54) is 16.4 Å². The minimum atomic E-state index is -3.59. The number of pyridine rings is 1. The Bertz CT molecular complexity index is 807. The molecule has 1 aromatic heterocycles. The van der Waals surface area contributed by atoms with E-state index in [9.17, 15) is 13.2 Å². The first-order chi connectivity index (χ1) is 11.9. The second-order valence-electron chi connectivity index (χ2n) is 5.75. The van der Waals surface area contributed by atoms with E-state index >= 15 is 0 Å². The number of rotatable bonds is 8. The van der Waals surface area contributed by atoms with Crippen LogP contribution in [-0.4, -0.2) is 37.2 Å². The van der Waals surface area contributed by atoms with Gasteiger partial charge in [0.1, 0.15) is 0 Å². The fourth-order valence-corrected chi connectivity index (χ4v) is 3.52. The SMILES string of the molecule is CCCCN(C)S(=O)(=O)c1cccc(C(=O)NCc2ccncc2)c1. The van der Waals surface area contributed by atoms with Gasteiger partial charge in [0.05, 0.1) is 4.90 Å². The Hall–Kier alpha value is -2.25. The van der Waals surface area contributed by atoms with Crippen molar-refractivity contribution < 1.29 is 13.2 Å². The number of hydrogen-bond acceptors (Lipinski definition) is 4. The van der Waals surface area contributed by atoms with E-state index in [1.54, 1.807) is 31.6 Å². The summed E-state index contributed by atoms with van der Waals surface area (Å²) in [6, 6.07) is 9.74. The van der Waals surface area contributed by atoms with Gasteiger partial charge in [-0.15, -0.1) is 0 Å². The first-order valence-electron chi connectivity index (χ1n) is 8.18. The van der Waals surface area contributed by atoms with E-state index in [0.717, 1.165) is 18.4 Å². The highest BCUT2D eigenvalue weighted by atomic mass is 32.2. The van der Waals surface area contributed by atoms with E-state index in [2.05, 4.69) is 10.3 Å². The Balaban J connectivity index is 2.11. The molecule has 0 atom stereocenters. The Kier molecular flexibility index (Phi) is 6.66. The first kappa shape index (κ1) is 19.1. The predicted molar refractivity (Wildman–Crippen MR) is 96.6 cm³/mol. The maximum Gasteiger partial charge on any atom is 0.251 e. The molecule has 0 saturated heterocycles. The molecule has 134 valence electrons. The van der Waals surface area contributed by atoms with Crippen molar-refractivity contribution in [3.8, 4) is 0 Å². The molecule has 0 aliphatic rings. The molecule has 7 heteroatoms. The van der Waals surface area contributed by atoms with Crippen molar-refractivity contribution in [3.63, 3.8) is 0 Å². The fraction of sp³-hybridized carbons (Fsp3) is 0.333. The quantitative estimate of drug-likeness (QED) is 0.783. The zero-order chi connectivity index (χ0) is 18.3. The summed E-state index contributed by atoms with van der Waals surface area (Å²) in [4.78, 5) is 16.4. The molecule has 1 aromatic carbocycles. The van der Waals surface area contributed by atoms with Crippen LogP contribution in [0.2, 0.25) is 0 Å². The third-order valence-corrected chi connectivity index (χ3v) is 5.69. The summed E-state index contributed by atoms with van der Waals surface area (Å²) in [5.74, 6) is -0.315. The highest BCUT2D eigenvalue weighted by Crippen LogP contribution is 2.16. The molecule has 0 fully saturated rings. The lowest BCUT2D eigenvalue weighted by atomic mass is 10.2. The van der Waals surface area contributed by atoms with Crippen LogP contribution in [0.4, 0.5) is 0 Å². The van der Waals surface area contributed by atoms with Crippen LogP contribution in [0.25, 0.3) is 0 Å². The Morgan fingerprint density at radius 2 is 1.92 bits per heavy atom. The first-order valence-corrected chi connectivity index (χ1v) is 9.62. The van der Waals surface area contributed by atoms with Crippen LogP contribution in [0, 0.1) is 0 Å². The summed E-state index contributed by atoms with van der Waals surface area (Å²) in [5.41, 5.74) is 1.24. The van der Waals surface area contributed by atoms with Crippen LogP contribution in [0.1, 0.15) is 35.7 Å². The lowest BCUT2D eigenvalue weighted by Crippen LogP contribution is -2.28. The highest BCUT2D eigenvalue weighted by Gasteiger charge is 2.21. The number of benzene rings is 1. The maximum atomic E-state index is 12.6. The largest absolute Gasteiger partial charge is 0.348 e. The average Bonchev–Trinajstić information content (AvgIpc) is 2.65. The smallest absolute Gasteiger partial charge is 0.251 e. The van der Waals surface area contributed by atoms with Crippen LogP contribution in [-0.2, 0) is 16.6 Å². The van der Waals surface area contributed by atoms with Crippen molar-refractivity contribution in [2.24, 2.45) is 0 Å². The summed E-state index contributed by atoms with van der Waals surface area (Å²) in [6.07, 6.45) is 5.01. The number of carbonyl (C=O) groups is 1. The van der Waals surface area contributed by atoms with Gasteiger partial charge in [-0.25, -0.2) is 12.7 Å². The number of amides is 1. The Morgan fingerprint density at radius 1 is 1.20 bits per heavy atom. The molecule has 1 amide bonds. The molecular formula is C18H23N3O3S. The Morgan fingerprint density at radius 3 is 2.60 bits per heavy atom. The molecule has 0 unspecified atom stereocenters. The number of hydrogen-bond donors (Lipinski definition) is 1. The van der Waals surface area contributed by atoms with E-state index in [1.807, 2.05) is 19.1 Å². The van der Waals surface area contributed by atoms with Crippen LogP contribution in [0.15, 0.2) is 53.7 Å². The number of aromatic nitrogens is 1. The van der Waals surface area contributed by atoms with Gasteiger partial charge in [-0.2, -0.15) is 0 Å². The zero-order valence-electron chi connectivity index (χ0n) is 14.5. The summed E-state index contributed by atoms with van der Waals surface area (Å²) < 4.78 is 26.5. The molecule has 0 radical (unpaired) electrons. The normalized spacial score (nSPS) is 11.5. The standard InChI is InChI=1S/C18H23N3O3S/c1-3-4-12-21(2)25(23,24)17-7-5-6-16(13-17)18(22)20-14-15-8-10-19-11-9-15/h5-11,13H,3-4,12,14H2,1-2H3,(H,20,22). The van der Waals surface area contributed by atoms with E-state index in [4.69, 9.17) is 0 Å². The van der Waals surface area contributed by atoms with Gasteiger partial charge in [-0.3, -0.25) is 9.78 Å². The van der Waals surface area contributed by atoms with Gasteiger partial charge in [-0.05, 0) is 42.3 Å². The van der Waals surface area contributed by atoms with Crippen LogP contribution < -0.4 is 5.32 Å². The van der Waals surface area contributed by atoms with E-state index < -0.39 is 10.0 Å². The van der Waals surface area contributed by atoms with Gasteiger partial charge in [0.15, 0.2) is 0 Å². The molecule has 0 aliphatic carbocycles. The van der Waals surface area contributed by atoms with Crippen molar-refractivity contribution in [2.45, 2.75) is 31.2 Å². The van der Waals surface area contributed by atoms with Gasteiger partial charge >= 0.3 is 0 Å². The molecule has 25 heavy (non-hydrogen) atoms. The van der Waals surface area contributed by atoms with Gasteiger partial charge < -0.3 is 5.32 Å². The number of nitrogens with one attached hydrogen (secondary N) is 1. The van der Waals surface area contributed by atoms with Gasteiger partial charge in [0.25, 0.3) is 5.91 Å². The van der Waals surface area contributed by atoms with E-state index in [0.29, 0.717) is 18.7 Å². The van der Waals surface area contributed by atoms with Crippen molar-refractivity contribution in [1.82, 2.24) is 14.6 Å². The molecule has 0 aliphatic heterocycles. The molecular weight excluding hydrogens is 338 g/mol. The molecule has 1 heterocycles. The number of unbranched alkanes of at least 4 members (excludes halogenated alkanes) is 1. The molecule has 0 saturated carbocycles. The number of sulfonamides is 1. The van der Waals surface area contributed by atoms with E-state index in [-0.39, 0.29) is 10.8 Å². The van der Waals surface area contributed by atoms with Gasteiger partial charge in [0, 0.05) is 38.1 Å². The van der Waals surface area contributed by atoms with Crippen molar-refractivity contribution in [3.05, 3.63) is 59.9 Å². The summed E-state index contributed by atoms with van der Waals surface area (Å²) in [5, 5.41) is 2.78. The maximum absolute atomic E-state index is 12.6. The highest BCUT2D eigenvalue weighted by molar-refractivity contribution is 7.89. The minimum Gasteiger partial charge on any atom is -0.348 e. The summed E-state index contributed by atoms with van der Waals surface area (Å²) in [7, 11) is -2.03. The van der Waals surface area contributed by atoms with Crippen LogP contribution in [0.3, 0.4) is 0 Å². The van der Waals surface area contributed by atoms with Crippen molar-refractivity contribution in [2.75, 3.05) is 13.6 Å².